The first-order chi connectivity index (χ1) is 11.8. The fraction of sp³-hybridized carbons (Fsp3) is 0.500. The molecule has 0 saturated carbocycles. The molecule has 25 heavy (non-hydrogen) atoms. The van der Waals surface area contributed by atoms with E-state index >= 15 is 0 Å². The fourth-order valence-corrected chi connectivity index (χ4v) is 3.05. The van der Waals surface area contributed by atoms with Gasteiger partial charge < -0.3 is 15.0 Å². The molecule has 1 N–H and O–H groups in total. The van der Waals surface area contributed by atoms with Gasteiger partial charge in [-0.05, 0) is 37.0 Å². The SMILES string of the molecule is COC(=O)[C@H](CC(C)C)NC(=O)c1ccc(Cl)c(N2CCCC2=O)c1. The van der Waals surface area contributed by atoms with Crippen LogP contribution in [0.25, 0.3) is 0 Å². The van der Waals surface area contributed by atoms with Crippen LogP contribution in [0.4, 0.5) is 5.69 Å². The summed E-state index contributed by atoms with van der Waals surface area (Å²) in [5.41, 5.74) is 0.868. The molecule has 0 unspecified atom stereocenters. The minimum absolute atomic E-state index is 0.00768. The lowest BCUT2D eigenvalue weighted by Gasteiger charge is -2.20. The highest BCUT2D eigenvalue weighted by molar-refractivity contribution is 6.34. The van der Waals surface area contributed by atoms with Gasteiger partial charge in [-0.2, -0.15) is 0 Å². The molecule has 1 aliphatic rings. The minimum atomic E-state index is -0.718. The van der Waals surface area contributed by atoms with Gasteiger partial charge in [-0.3, -0.25) is 9.59 Å². The number of carbonyl (C=O) groups is 3. The molecule has 0 spiro atoms. The summed E-state index contributed by atoms with van der Waals surface area (Å²) in [6.45, 7) is 4.50. The Balaban J connectivity index is 2.20. The molecule has 6 nitrogen and oxygen atoms in total. The number of hydrogen-bond acceptors (Lipinski definition) is 4. The van der Waals surface area contributed by atoms with Crippen LogP contribution in [0.1, 0.15) is 43.5 Å². The van der Waals surface area contributed by atoms with Crippen LogP contribution in [0, 0.1) is 5.92 Å². The first-order valence-corrected chi connectivity index (χ1v) is 8.70. The van der Waals surface area contributed by atoms with Gasteiger partial charge in [-0.15, -0.1) is 0 Å². The fourth-order valence-electron chi connectivity index (χ4n) is 2.83. The molecule has 0 aliphatic carbocycles. The largest absolute Gasteiger partial charge is 0.467 e. The Morgan fingerprint density at radius 3 is 2.64 bits per heavy atom. The maximum Gasteiger partial charge on any atom is 0.328 e. The highest BCUT2D eigenvalue weighted by Crippen LogP contribution is 2.30. The number of benzene rings is 1. The summed E-state index contributed by atoms with van der Waals surface area (Å²) in [7, 11) is 1.29. The number of anilines is 1. The predicted octanol–water partition coefficient (Wildman–Crippen LogP) is 2.78. The highest BCUT2D eigenvalue weighted by atomic mass is 35.5. The number of methoxy groups -OCH3 is 1. The lowest BCUT2D eigenvalue weighted by molar-refractivity contribution is -0.143. The van der Waals surface area contributed by atoms with Gasteiger partial charge in [-0.25, -0.2) is 4.79 Å². The summed E-state index contributed by atoms with van der Waals surface area (Å²) >= 11 is 6.19. The monoisotopic (exact) mass is 366 g/mol. The van der Waals surface area contributed by atoms with Crippen molar-refractivity contribution in [2.45, 2.75) is 39.2 Å². The zero-order valence-corrected chi connectivity index (χ0v) is 15.4. The number of amides is 2. The number of carbonyl (C=O) groups excluding carboxylic acids is 3. The zero-order chi connectivity index (χ0) is 18.6. The van der Waals surface area contributed by atoms with Crippen LogP contribution in [-0.4, -0.2) is 37.5 Å². The molecule has 2 rings (SSSR count). The van der Waals surface area contributed by atoms with Crippen molar-refractivity contribution in [2.24, 2.45) is 5.92 Å². The first kappa shape index (κ1) is 19.2. The normalized spacial score (nSPS) is 15.4. The Labute approximate surface area is 152 Å². The van der Waals surface area contributed by atoms with Gasteiger partial charge in [0.2, 0.25) is 5.91 Å². The average molecular weight is 367 g/mol. The molecule has 0 bridgehead atoms. The molecular weight excluding hydrogens is 344 g/mol. The third-order valence-electron chi connectivity index (χ3n) is 4.07. The van der Waals surface area contributed by atoms with E-state index in [0.717, 1.165) is 6.42 Å². The second-order valence-corrected chi connectivity index (χ2v) is 6.90. The van der Waals surface area contributed by atoms with E-state index in [9.17, 15) is 14.4 Å². The lowest BCUT2D eigenvalue weighted by atomic mass is 10.0. The summed E-state index contributed by atoms with van der Waals surface area (Å²) in [6.07, 6.45) is 1.72. The van der Waals surface area contributed by atoms with E-state index < -0.39 is 17.9 Å². The summed E-state index contributed by atoms with van der Waals surface area (Å²) in [5, 5.41) is 3.12. The quantitative estimate of drug-likeness (QED) is 0.785. The Bertz CT molecular complexity index is 675. The summed E-state index contributed by atoms with van der Waals surface area (Å²) in [6, 6.07) is 4.04. The molecule has 1 fully saturated rings. The molecule has 7 heteroatoms. The number of ether oxygens (including phenoxy) is 1. The van der Waals surface area contributed by atoms with Crippen LogP contribution in [-0.2, 0) is 14.3 Å². The number of rotatable bonds is 6. The third-order valence-corrected chi connectivity index (χ3v) is 4.39. The molecule has 2 amide bonds. The van der Waals surface area contributed by atoms with Crippen LogP contribution in [0.15, 0.2) is 18.2 Å². The Hall–Kier alpha value is -2.08. The number of hydrogen-bond donors (Lipinski definition) is 1. The van der Waals surface area contributed by atoms with Crippen molar-refractivity contribution in [3.63, 3.8) is 0 Å². The van der Waals surface area contributed by atoms with Gasteiger partial charge in [0.05, 0.1) is 17.8 Å². The molecule has 0 aromatic heterocycles. The molecule has 136 valence electrons. The van der Waals surface area contributed by atoms with Crippen LogP contribution in [0.5, 0.6) is 0 Å². The van der Waals surface area contributed by atoms with E-state index in [1.165, 1.54) is 7.11 Å². The highest BCUT2D eigenvalue weighted by Gasteiger charge is 2.26. The minimum Gasteiger partial charge on any atom is -0.467 e. The molecule has 1 aliphatic heterocycles. The Morgan fingerprint density at radius 1 is 1.36 bits per heavy atom. The van der Waals surface area contributed by atoms with Crippen molar-refractivity contribution in [3.8, 4) is 0 Å². The Morgan fingerprint density at radius 2 is 2.08 bits per heavy atom. The molecule has 1 aromatic carbocycles. The zero-order valence-electron chi connectivity index (χ0n) is 14.7. The van der Waals surface area contributed by atoms with Crippen molar-refractivity contribution >= 4 is 35.1 Å². The first-order valence-electron chi connectivity index (χ1n) is 8.32. The lowest BCUT2D eigenvalue weighted by Crippen LogP contribution is -2.42. The van der Waals surface area contributed by atoms with Crippen molar-refractivity contribution in [2.75, 3.05) is 18.6 Å². The molecule has 1 aromatic rings. The number of esters is 1. The van der Waals surface area contributed by atoms with Crippen LogP contribution in [0.2, 0.25) is 5.02 Å². The van der Waals surface area contributed by atoms with Crippen LogP contribution >= 0.6 is 11.6 Å². The summed E-state index contributed by atoms with van der Waals surface area (Å²) in [4.78, 5) is 38.0. The van der Waals surface area contributed by atoms with E-state index in [2.05, 4.69) is 5.32 Å². The second-order valence-electron chi connectivity index (χ2n) is 6.49. The van der Waals surface area contributed by atoms with Gasteiger partial charge in [-0.1, -0.05) is 25.4 Å². The second kappa shape index (κ2) is 8.34. The van der Waals surface area contributed by atoms with Crippen LogP contribution < -0.4 is 10.2 Å². The van der Waals surface area contributed by atoms with Gasteiger partial charge in [0.25, 0.3) is 5.91 Å². The smallest absolute Gasteiger partial charge is 0.328 e. The molecule has 1 heterocycles. The Kier molecular flexibility index (Phi) is 6.42. The predicted molar refractivity (Wildman–Crippen MR) is 95.8 cm³/mol. The van der Waals surface area contributed by atoms with Gasteiger partial charge >= 0.3 is 5.97 Å². The van der Waals surface area contributed by atoms with Crippen molar-refractivity contribution in [1.82, 2.24) is 5.32 Å². The van der Waals surface area contributed by atoms with E-state index in [0.29, 0.717) is 35.7 Å². The molecule has 0 radical (unpaired) electrons. The maximum atomic E-state index is 12.6. The number of halogens is 1. The summed E-state index contributed by atoms with van der Waals surface area (Å²) in [5.74, 6) is -0.675. The van der Waals surface area contributed by atoms with Gasteiger partial charge in [0, 0.05) is 18.5 Å². The van der Waals surface area contributed by atoms with E-state index in [1.54, 1.807) is 23.1 Å². The number of nitrogens with one attached hydrogen (secondary N) is 1. The molecule has 1 saturated heterocycles. The summed E-state index contributed by atoms with van der Waals surface area (Å²) < 4.78 is 4.76. The van der Waals surface area contributed by atoms with E-state index in [4.69, 9.17) is 16.3 Å². The van der Waals surface area contributed by atoms with Gasteiger partial charge in [0.15, 0.2) is 0 Å². The van der Waals surface area contributed by atoms with E-state index in [1.807, 2.05) is 13.8 Å². The van der Waals surface area contributed by atoms with Crippen molar-refractivity contribution < 1.29 is 19.1 Å². The molecular formula is C18H23ClN2O4. The van der Waals surface area contributed by atoms with Gasteiger partial charge in [0.1, 0.15) is 6.04 Å². The third kappa shape index (κ3) is 4.72. The average Bonchev–Trinajstić information content (AvgIpc) is 2.99. The van der Waals surface area contributed by atoms with E-state index in [-0.39, 0.29) is 11.8 Å². The van der Waals surface area contributed by atoms with Crippen molar-refractivity contribution in [3.05, 3.63) is 28.8 Å². The topological polar surface area (TPSA) is 75.7 Å². The number of nitrogens with zero attached hydrogens (tertiary/aromatic N) is 1. The van der Waals surface area contributed by atoms with Crippen LogP contribution in [0.3, 0.4) is 0 Å². The maximum absolute atomic E-state index is 12.6. The standard InChI is InChI=1S/C18H23ClN2O4/c1-11(2)9-14(18(24)25-3)20-17(23)12-6-7-13(19)15(10-12)21-8-4-5-16(21)22/h6-7,10-11,14H,4-5,8-9H2,1-3H3,(H,20,23)/t14-/m0/s1. The molecule has 1 atom stereocenters. The van der Waals surface area contributed by atoms with Crippen molar-refractivity contribution in [1.29, 1.82) is 0 Å².